The summed E-state index contributed by atoms with van der Waals surface area (Å²) in [6, 6.07) is 0.378. The molecule has 1 aromatic heterocycles. The molecule has 2 aliphatic carbocycles. The molecule has 1 saturated carbocycles. The van der Waals surface area contributed by atoms with E-state index in [4.69, 9.17) is 17.0 Å². The van der Waals surface area contributed by atoms with Crippen LogP contribution in [0.1, 0.15) is 80.1 Å². The Bertz CT molecular complexity index is 711. The van der Waals surface area contributed by atoms with E-state index in [0.717, 1.165) is 37.1 Å². The highest BCUT2D eigenvalue weighted by atomic mass is 32.1. The number of fused-ring (bicyclic) bond motifs is 1. The van der Waals surface area contributed by atoms with Crippen LogP contribution in [-0.4, -0.2) is 24.2 Å². The Morgan fingerprint density at radius 2 is 1.96 bits per heavy atom. The minimum Gasteiger partial charge on any atom is -0.465 e. The van der Waals surface area contributed by atoms with Gasteiger partial charge in [0.15, 0.2) is 5.11 Å². The maximum absolute atomic E-state index is 12.5. The van der Waals surface area contributed by atoms with Crippen LogP contribution in [0.4, 0.5) is 5.00 Å². The van der Waals surface area contributed by atoms with E-state index in [9.17, 15) is 4.79 Å². The Labute approximate surface area is 172 Å². The number of esters is 1. The second-order valence-electron chi connectivity index (χ2n) is 8.97. The normalized spacial score (nSPS) is 24.4. The lowest BCUT2D eigenvalue weighted by Crippen LogP contribution is -2.44. The van der Waals surface area contributed by atoms with Crippen molar-refractivity contribution >= 4 is 39.6 Å². The molecule has 2 N–H and O–H groups in total. The minimum atomic E-state index is -0.257. The summed E-state index contributed by atoms with van der Waals surface area (Å²) in [4.78, 5) is 13.8. The number of rotatable bonds is 3. The SMILES string of the molecule is COC(=O)c1c(NC(=S)NC2CC(C)CC(C)(C)C2)sc2c1CCCCC2. The van der Waals surface area contributed by atoms with E-state index < -0.39 is 0 Å². The molecule has 150 valence electrons. The lowest BCUT2D eigenvalue weighted by molar-refractivity contribution is 0.0601. The van der Waals surface area contributed by atoms with Crippen LogP contribution in [0.25, 0.3) is 0 Å². The van der Waals surface area contributed by atoms with Crippen molar-refractivity contribution in [1.82, 2.24) is 5.32 Å². The van der Waals surface area contributed by atoms with Gasteiger partial charge in [0.05, 0.1) is 12.7 Å². The van der Waals surface area contributed by atoms with Crippen LogP contribution in [0.3, 0.4) is 0 Å². The van der Waals surface area contributed by atoms with Gasteiger partial charge in [-0.25, -0.2) is 4.79 Å². The number of thiocarbonyl (C=S) groups is 1. The molecule has 0 aromatic carbocycles. The number of carbonyl (C=O) groups is 1. The van der Waals surface area contributed by atoms with Crippen molar-refractivity contribution in [2.75, 3.05) is 12.4 Å². The zero-order valence-electron chi connectivity index (χ0n) is 16.9. The monoisotopic (exact) mass is 408 g/mol. The maximum Gasteiger partial charge on any atom is 0.341 e. The lowest BCUT2D eigenvalue weighted by Gasteiger charge is -2.39. The van der Waals surface area contributed by atoms with Gasteiger partial charge in [-0.1, -0.05) is 27.2 Å². The number of anilines is 1. The van der Waals surface area contributed by atoms with Gasteiger partial charge in [-0.05, 0) is 74.1 Å². The zero-order chi connectivity index (χ0) is 19.6. The van der Waals surface area contributed by atoms with Crippen molar-refractivity contribution in [3.05, 3.63) is 16.0 Å². The summed E-state index contributed by atoms with van der Waals surface area (Å²) >= 11 is 7.28. The molecule has 0 bridgehead atoms. The summed E-state index contributed by atoms with van der Waals surface area (Å²) in [5.41, 5.74) is 2.20. The predicted octanol–water partition coefficient (Wildman–Crippen LogP) is 5.30. The molecule has 1 aromatic rings. The van der Waals surface area contributed by atoms with E-state index in [1.807, 2.05) is 0 Å². The van der Waals surface area contributed by atoms with Crippen LogP contribution < -0.4 is 10.6 Å². The van der Waals surface area contributed by atoms with Crippen molar-refractivity contribution < 1.29 is 9.53 Å². The molecular weight excluding hydrogens is 376 g/mol. The van der Waals surface area contributed by atoms with Gasteiger partial charge in [0.1, 0.15) is 5.00 Å². The second kappa shape index (κ2) is 8.48. The molecule has 6 heteroatoms. The summed E-state index contributed by atoms with van der Waals surface area (Å²) < 4.78 is 5.08. The van der Waals surface area contributed by atoms with Gasteiger partial charge in [0.25, 0.3) is 0 Å². The number of methoxy groups -OCH3 is 1. The van der Waals surface area contributed by atoms with Gasteiger partial charge >= 0.3 is 5.97 Å². The number of hydrogen-bond acceptors (Lipinski definition) is 4. The maximum atomic E-state index is 12.5. The molecule has 4 nitrogen and oxygen atoms in total. The Balaban J connectivity index is 1.75. The van der Waals surface area contributed by atoms with Crippen LogP contribution in [-0.2, 0) is 17.6 Å². The summed E-state index contributed by atoms with van der Waals surface area (Å²) in [6.45, 7) is 6.98. The smallest absolute Gasteiger partial charge is 0.341 e. The van der Waals surface area contributed by atoms with Gasteiger partial charge in [-0.3, -0.25) is 0 Å². The highest BCUT2D eigenvalue weighted by Gasteiger charge is 2.32. The van der Waals surface area contributed by atoms with Crippen molar-refractivity contribution in [2.24, 2.45) is 11.3 Å². The molecule has 0 radical (unpaired) electrons. The van der Waals surface area contributed by atoms with Gasteiger partial charge in [-0.2, -0.15) is 0 Å². The molecule has 0 amide bonds. The number of nitrogens with one attached hydrogen (secondary N) is 2. The van der Waals surface area contributed by atoms with E-state index >= 15 is 0 Å². The molecule has 27 heavy (non-hydrogen) atoms. The van der Waals surface area contributed by atoms with Crippen LogP contribution in [0.2, 0.25) is 0 Å². The fourth-order valence-corrected chi connectivity index (χ4v) is 6.54. The Kier molecular flexibility index (Phi) is 6.46. The first-order valence-electron chi connectivity index (χ1n) is 10.1. The number of carbonyl (C=O) groups excluding carboxylic acids is 1. The fraction of sp³-hybridized carbons (Fsp3) is 0.714. The molecule has 0 spiro atoms. The first-order valence-corrected chi connectivity index (χ1v) is 11.3. The third-order valence-corrected chi connectivity index (χ3v) is 7.19. The predicted molar refractivity (Wildman–Crippen MR) is 117 cm³/mol. The van der Waals surface area contributed by atoms with E-state index in [1.165, 1.54) is 36.8 Å². The molecule has 2 atom stereocenters. The Morgan fingerprint density at radius 1 is 1.22 bits per heavy atom. The summed E-state index contributed by atoms with van der Waals surface area (Å²) in [7, 11) is 1.45. The van der Waals surface area contributed by atoms with E-state index in [2.05, 4.69) is 31.4 Å². The van der Waals surface area contributed by atoms with Crippen LogP contribution in [0.15, 0.2) is 0 Å². The number of hydrogen-bond donors (Lipinski definition) is 2. The van der Waals surface area contributed by atoms with Crippen LogP contribution in [0.5, 0.6) is 0 Å². The second-order valence-corrected chi connectivity index (χ2v) is 10.5. The molecular formula is C21H32N2O2S2. The number of ether oxygens (including phenoxy) is 1. The molecule has 1 fully saturated rings. The van der Waals surface area contributed by atoms with Gasteiger partial charge < -0.3 is 15.4 Å². The number of thiophene rings is 1. The first-order chi connectivity index (χ1) is 12.8. The lowest BCUT2D eigenvalue weighted by atomic mass is 9.71. The van der Waals surface area contributed by atoms with Gasteiger partial charge in [0.2, 0.25) is 0 Å². The summed E-state index contributed by atoms with van der Waals surface area (Å²) in [5, 5.41) is 8.30. The summed E-state index contributed by atoms with van der Waals surface area (Å²) in [6.07, 6.45) is 9.04. The fourth-order valence-electron chi connectivity index (χ4n) is 4.93. The van der Waals surface area contributed by atoms with Crippen molar-refractivity contribution in [2.45, 2.75) is 78.2 Å². The zero-order valence-corrected chi connectivity index (χ0v) is 18.6. The van der Waals surface area contributed by atoms with E-state index in [0.29, 0.717) is 28.1 Å². The van der Waals surface area contributed by atoms with Crippen molar-refractivity contribution in [1.29, 1.82) is 0 Å². The topological polar surface area (TPSA) is 50.4 Å². The van der Waals surface area contributed by atoms with Gasteiger partial charge in [-0.15, -0.1) is 11.3 Å². The standard InChI is InChI=1S/C21H32N2O2S2/c1-13-10-14(12-21(2,3)11-13)22-20(26)23-18-17(19(24)25-4)15-8-6-5-7-9-16(15)27-18/h13-14H,5-12H2,1-4H3,(H2,22,23,26). The molecule has 2 unspecified atom stereocenters. The Hall–Kier alpha value is -1.14. The average molecular weight is 409 g/mol. The molecule has 3 rings (SSSR count). The number of aryl methyl sites for hydroxylation is 1. The highest BCUT2D eigenvalue weighted by Crippen LogP contribution is 2.39. The summed E-state index contributed by atoms with van der Waals surface area (Å²) in [5.74, 6) is 0.435. The van der Waals surface area contributed by atoms with E-state index in [-0.39, 0.29) is 5.97 Å². The molecule has 2 aliphatic rings. The first kappa shape index (κ1) is 20.6. The largest absolute Gasteiger partial charge is 0.465 e. The molecule has 1 heterocycles. The van der Waals surface area contributed by atoms with E-state index in [1.54, 1.807) is 11.3 Å². The highest BCUT2D eigenvalue weighted by molar-refractivity contribution is 7.80. The quantitative estimate of drug-likeness (QED) is 0.403. The molecule has 0 aliphatic heterocycles. The van der Waals surface area contributed by atoms with Crippen LogP contribution in [0, 0.1) is 11.3 Å². The third-order valence-electron chi connectivity index (χ3n) is 5.76. The third kappa shape index (κ3) is 5.02. The Morgan fingerprint density at radius 3 is 2.67 bits per heavy atom. The average Bonchev–Trinajstić information content (AvgIpc) is 2.73. The van der Waals surface area contributed by atoms with Gasteiger partial charge in [0, 0.05) is 10.9 Å². The van der Waals surface area contributed by atoms with Crippen LogP contribution >= 0.6 is 23.6 Å². The van der Waals surface area contributed by atoms with Crippen molar-refractivity contribution in [3.8, 4) is 0 Å². The molecule has 0 saturated heterocycles. The minimum absolute atomic E-state index is 0.257. The van der Waals surface area contributed by atoms with Crippen molar-refractivity contribution in [3.63, 3.8) is 0 Å².